The molecule has 0 fully saturated rings. The van der Waals surface area contributed by atoms with Gasteiger partial charge in [0.15, 0.2) is 0 Å². The molecule has 1 N–H and O–H groups in total. The minimum Gasteiger partial charge on any atom is -0.489 e. The van der Waals surface area contributed by atoms with Crippen LogP contribution in [0.15, 0.2) is 36.4 Å². The highest BCUT2D eigenvalue weighted by atomic mass is 35.5. The largest absolute Gasteiger partial charge is 0.489 e. The Morgan fingerprint density at radius 2 is 1.95 bits per heavy atom. The van der Waals surface area contributed by atoms with Crippen LogP contribution >= 0.6 is 23.2 Å². The summed E-state index contributed by atoms with van der Waals surface area (Å²) < 4.78 is 19.2. The fourth-order valence-electron chi connectivity index (χ4n) is 1.94. The molecule has 0 aliphatic carbocycles. The molecule has 0 spiro atoms. The van der Waals surface area contributed by atoms with Gasteiger partial charge in [0, 0.05) is 27.2 Å². The Morgan fingerprint density at radius 1 is 1.19 bits per heavy atom. The average molecular weight is 328 g/mol. The van der Waals surface area contributed by atoms with Crippen LogP contribution in [-0.4, -0.2) is 7.05 Å². The SMILES string of the molecule is CNC(C)c1cc(F)ccc1OCc1ccc(Cl)cc1Cl. The van der Waals surface area contributed by atoms with Crippen LogP contribution in [0.1, 0.15) is 24.1 Å². The average Bonchev–Trinajstić information content (AvgIpc) is 2.46. The van der Waals surface area contributed by atoms with Crippen molar-refractivity contribution in [1.82, 2.24) is 5.32 Å². The maximum atomic E-state index is 13.4. The number of hydrogen-bond acceptors (Lipinski definition) is 2. The summed E-state index contributed by atoms with van der Waals surface area (Å²) in [6, 6.07) is 9.70. The first-order chi connectivity index (χ1) is 10.0. The summed E-state index contributed by atoms with van der Waals surface area (Å²) in [5.41, 5.74) is 1.59. The molecule has 2 rings (SSSR count). The lowest BCUT2D eigenvalue weighted by Crippen LogP contribution is -2.14. The number of ether oxygens (including phenoxy) is 1. The zero-order valence-corrected chi connectivity index (χ0v) is 13.3. The van der Waals surface area contributed by atoms with Gasteiger partial charge in [0.05, 0.1) is 0 Å². The molecule has 21 heavy (non-hydrogen) atoms. The van der Waals surface area contributed by atoms with Gasteiger partial charge in [-0.3, -0.25) is 0 Å². The molecule has 0 aliphatic rings. The molecule has 2 aromatic rings. The second kappa shape index (κ2) is 7.12. The number of nitrogens with one attached hydrogen (secondary N) is 1. The van der Waals surface area contributed by atoms with Crippen molar-refractivity contribution >= 4 is 23.2 Å². The van der Waals surface area contributed by atoms with E-state index in [1.165, 1.54) is 12.1 Å². The van der Waals surface area contributed by atoms with E-state index in [1.807, 2.05) is 20.0 Å². The topological polar surface area (TPSA) is 21.3 Å². The summed E-state index contributed by atoms with van der Waals surface area (Å²) in [6.45, 7) is 2.24. The number of halogens is 3. The van der Waals surface area contributed by atoms with Gasteiger partial charge in [0.1, 0.15) is 18.2 Å². The first-order valence-corrected chi connectivity index (χ1v) is 7.30. The standard InChI is InChI=1S/C16H16Cl2FNO/c1-10(20-2)14-8-13(19)5-6-16(14)21-9-11-3-4-12(17)7-15(11)18/h3-8,10,20H,9H2,1-2H3. The molecule has 2 aromatic carbocycles. The van der Waals surface area contributed by atoms with Gasteiger partial charge in [0.25, 0.3) is 0 Å². The highest BCUT2D eigenvalue weighted by molar-refractivity contribution is 6.35. The number of hydrogen-bond donors (Lipinski definition) is 1. The van der Waals surface area contributed by atoms with E-state index in [0.29, 0.717) is 22.4 Å². The summed E-state index contributed by atoms with van der Waals surface area (Å²) in [4.78, 5) is 0. The maximum Gasteiger partial charge on any atom is 0.124 e. The molecular weight excluding hydrogens is 312 g/mol. The Labute approximate surface area is 133 Å². The van der Waals surface area contributed by atoms with Gasteiger partial charge in [-0.05, 0) is 44.3 Å². The van der Waals surface area contributed by atoms with Crippen molar-refractivity contribution in [2.45, 2.75) is 19.6 Å². The predicted molar refractivity (Wildman–Crippen MR) is 84.7 cm³/mol. The molecule has 1 unspecified atom stereocenters. The third-order valence-corrected chi connectivity index (χ3v) is 3.86. The Bertz CT molecular complexity index is 634. The van der Waals surface area contributed by atoms with Crippen LogP contribution in [0.4, 0.5) is 4.39 Å². The number of rotatable bonds is 5. The molecular formula is C16H16Cl2FNO. The molecule has 5 heteroatoms. The van der Waals surface area contributed by atoms with Gasteiger partial charge in [0.2, 0.25) is 0 Å². The van der Waals surface area contributed by atoms with Crippen molar-refractivity contribution in [2.75, 3.05) is 7.05 Å². The van der Waals surface area contributed by atoms with Crippen LogP contribution in [-0.2, 0) is 6.61 Å². The van der Waals surface area contributed by atoms with E-state index in [0.717, 1.165) is 11.1 Å². The summed E-state index contributed by atoms with van der Waals surface area (Å²) in [7, 11) is 1.81. The van der Waals surface area contributed by atoms with Crippen molar-refractivity contribution in [1.29, 1.82) is 0 Å². The molecule has 0 amide bonds. The fraction of sp³-hybridized carbons (Fsp3) is 0.250. The third-order valence-electron chi connectivity index (χ3n) is 3.27. The first-order valence-electron chi connectivity index (χ1n) is 6.54. The lowest BCUT2D eigenvalue weighted by molar-refractivity contribution is 0.299. The molecule has 0 aliphatic heterocycles. The van der Waals surface area contributed by atoms with Crippen molar-refractivity contribution in [3.63, 3.8) is 0 Å². The minimum atomic E-state index is -0.288. The monoisotopic (exact) mass is 327 g/mol. The highest BCUT2D eigenvalue weighted by Crippen LogP contribution is 2.28. The van der Waals surface area contributed by atoms with Gasteiger partial charge in [-0.2, -0.15) is 0 Å². The van der Waals surface area contributed by atoms with Crippen molar-refractivity contribution in [3.05, 3.63) is 63.4 Å². The second-order valence-electron chi connectivity index (χ2n) is 4.72. The summed E-state index contributed by atoms with van der Waals surface area (Å²) in [5, 5.41) is 4.20. The van der Waals surface area contributed by atoms with Crippen LogP contribution in [0.3, 0.4) is 0 Å². The molecule has 112 valence electrons. The van der Waals surface area contributed by atoms with E-state index in [-0.39, 0.29) is 11.9 Å². The lowest BCUT2D eigenvalue weighted by Gasteiger charge is -2.17. The van der Waals surface area contributed by atoms with E-state index in [9.17, 15) is 4.39 Å². The predicted octanol–water partition coefficient (Wildman–Crippen LogP) is 4.99. The van der Waals surface area contributed by atoms with Gasteiger partial charge in [-0.15, -0.1) is 0 Å². The Hall–Kier alpha value is -1.29. The third kappa shape index (κ3) is 4.10. The van der Waals surface area contributed by atoms with E-state index in [2.05, 4.69) is 5.32 Å². The van der Waals surface area contributed by atoms with Crippen LogP contribution in [0.2, 0.25) is 10.0 Å². The van der Waals surface area contributed by atoms with Crippen LogP contribution in [0, 0.1) is 5.82 Å². The quantitative estimate of drug-likeness (QED) is 0.835. The molecule has 0 bridgehead atoms. The van der Waals surface area contributed by atoms with Crippen LogP contribution in [0.5, 0.6) is 5.75 Å². The lowest BCUT2D eigenvalue weighted by atomic mass is 10.1. The zero-order valence-electron chi connectivity index (χ0n) is 11.8. The zero-order chi connectivity index (χ0) is 15.4. The first kappa shape index (κ1) is 16.1. The van der Waals surface area contributed by atoms with E-state index < -0.39 is 0 Å². The van der Waals surface area contributed by atoms with Gasteiger partial charge in [-0.25, -0.2) is 4.39 Å². The Kier molecular flexibility index (Phi) is 5.45. The van der Waals surface area contributed by atoms with E-state index in [4.69, 9.17) is 27.9 Å². The van der Waals surface area contributed by atoms with E-state index >= 15 is 0 Å². The molecule has 2 nitrogen and oxygen atoms in total. The van der Waals surface area contributed by atoms with Crippen molar-refractivity contribution in [2.24, 2.45) is 0 Å². The molecule has 0 saturated carbocycles. The highest BCUT2D eigenvalue weighted by Gasteiger charge is 2.12. The Balaban J connectivity index is 2.19. The van der Waals surface area contributed by atoms with E-state index in [1.54, 1.807) is 18.2 Å². The minimum absolute atomic E-state index is 0.0172. The maximum absolute atomic E-state index is 13.4. The molecule has 0 heterocycles. The van der Waals surface area contributed by atoms with Crippen molar-refractivity contribution in [3.8, 4) is 5.75 Å². The number of benzene rings is 2. The molecule has 0 aromatic heterocycles. The van der Waals surface area contributed by atoms with Crippen LogP contribution in [0.25, 0.3) is 0 Å². The molecule has 0 saturated heterocycles. The van der Waals surface area contributed by atoms with Gasteiger partial charge >= 0.3 is 0 Å². The van der Waals surface area contributed by atoms with Crippen LogP contribution < -0.4 is 10.1 Å². The molecule has 0 radical (unpaired) electrons. The second-order valence-corrected chi connectivity index (χ2v) is 5.56. The van der Waals surface area contributed by atoms with Gasteiger partial charge in [-0.1, -0.05) is 29.3 Å². The molecule has 1 atom stereocenters. The van der Waals surface area contributed by atoms with Crippen molar-refractivity contribution < 1.29 is 9.13 Å². The summed E-state index contributed by atoms with van der Waals surface area (Å²) >= 11 is 12.0. The van der Waals surface area contributed by atoms with Gasteiger partial charge < -0.3 is 10.1 Å². The summed E-state index contributed by atoms with van der Waals surface area (Å²) in [5.74, 6) is 0.341. The summed E-state index contributed by atoms with van der Waals surface area (Å²) in [6.07, 6.45) is 0. The normalized spacial score (nSPS) is 12.2. The Morgan fingerprint density at radius 3 is 2.62 bits per heavy atom. The fourth-order valence-corrected chi connectivity index (χ4v) is 2.40. The smallest absolute Gasteiger partial charge is 0.124 e.